The normalized spacial score (nSPS) is 38.8. The maximum atomic E-state index is 12.1. The summed E-state index contributed by atoms with van der Waals surface area (Å²) in [6.45, 7) is 11.5. The van der Waals surface area contributed by atoms with Crippen molar-refractivity contribution in [2.24, 2.45) is 46.3 Å². The molecule has 0 saturated heterocycles. The van der Waals surface area contributed by atoms with Crippen LogP contribution in [0.5, 0.6) is 0 Å². The van der Waals surface area contributed by atoms with Gasteiger partial charge in [-0.05, 0) is 73.0 Å². The van der Waals surface area contributed by atoms with Gasteiger partial charge in [0, 0.05) is 17.4 Å². The molecule has 2 fully saturated rings. The first-order valence-corrected chi connectivity index (χ1v) is 12.2. The molecule has 0 amide bonds. The highest BCUT2D eigenvalue weighted by molar-refractivity contribution is 5.89. The molecular weight excluding hydrogens is 376 g/mol. The van der Waals surface area contributed by atoms with Gasteiger partial charge in [-0.25, -0.2) is 4.79 Å². The highest BCUT2D eigenvalue weighted by Gasteiger charge is 2.60. The fraction of sp³-hybridized carbons (Fsp3) is 0.846. The van der Waals surface area contributed by atoms with E-state index in [9.17, 15) is 19.8 Å². The molecule has 0 spiro atoms. The Bertz CT molecular complexity index is 695. The molecule has 4 heteroatoms. The van der Waals surface area contributed by atoms with Crippen LogP contribution in [0.3, 0.4) is 0 Å². The molecule has 3 aliphatic carbocycles. The van der Waals surface area contributed by atoms with E-state index in [1.165, 1.54) is 32.1 Å². The third-order valence-corrected chi connectivity index (χ3v) is 9.42. The first-order chi connectivity index (χ1) is 14.0. The second-order valence-electron chi connectivity index (χ2n) is 11.5. The Labute approximate surface area is 182 Å². The molecule has 2 N–H and O–H groups in total. The van der Waals surface area contributed by atoms with Gasteiger partial charge in [0.05, 0.1) is 0 Å². The number of rotatable bonds is 9. The lowest BCUT2D eigenvalue weighted by atomic mass is 9.53. The molecule has 7 unspecified atom stereocenters. The van der Waals surface area contributed by atoms with E-state index >= 15 is 0 Å². The van der Waals surface area contributed by atoms with Gasteiger partial charge in [0.2, 0.25) is 0 Å². The summed E-state index contributed by atoms with van der Waals surface area (Å²) in [6, 6.07) is 0. The molecule has 2 saturated carbocycles. The van der Waals surface area contributed by atoms with E-state index in [0.29, 0.717) is 23.8 Å². The van der Waals surface area contributed by atoms with Gasteiger partial charge in [0.25, 0.3) is 0 Å². The molecule has 0 aliphatic heterocycles. The number of carboxylic acid groups (broad SMARTS) is 2. The average Bonchev–Trinajstić information content (AvgIpc) is 3.14. The SMILES string of the molecule is CC(C)CCCC(C)C1CCC2C3C=C(C(=O)O)C(C)(CCC(=O)O)C3CCC12C. The van der Waals surface area contributed by atoms with Crippen molar-refractivity contribution in [3.8, 4) is 0 Å². The summed E-state index contributed by atoms with van der Waals surface area (Å²) in [4.78, 5) is 23.4. The second-order valence-corrected chi connectivity index (χ2v) is 11.5. The van der Waals surface area contributed by atoms with Crippen molar-refractivity contribution in [2.75, 3.05) is 0 Å². The van der Waals surface area contributed by atoms with E-state index in [1.807, 2.05) is 6.92 Å². The summed E-state index contributed by atoms with van der Waals surface area (Å²) in [5.74, 6) is 1.63. The zero-order chi connectivity index (χ0) is 22.3. The van der Waals surface area contributed by atoms with Gasteiger partial charge in [-0.15, -0.1) is 0 Å². The van der Waals surface area contributed by atoms with Crippen LogP contribution in [0.4, 0.5) is 0 Å². The maximum absolute atomic E-state index is 12.1. The lowest BCUT2D eigenvalue weighted by Crippen LogP contribution is -2.44. The highest BCUT2D eigenvalue weighted by atomic mass is 16.4. The van der Waals surface area contributed by atoms with Crippen LogP contribution in [0.2, 0.25) is 0 Å². The van der Waals surface area contributed by atoms with Crippen LogP contribution in [0.25, 0.3) is 0 Å². The van der Waals surface area contributed by atoms with E-state index < -0.39 is 17.4 Å². The zero-order valence-electron chi connectivity index (χ0n) is 19.6. The van der Waals surface area contributed by atoms with Crippen LogP contribution < -0.4 is 0 Å². The van der Waals surface area contributed by atoms with E-state index in [-0.39, 0.29) is 17.8 Å². The lowest BCUT2D eigenvalue weighted by Gasteiger charge is -2.51. The predicted molar refractivity (Wildman–Crippen MR) is 119 cm³/mol. The Morgan fingerprint density at radius 3 is 2.37 bits per heavy atom. The number of hydrogen-bond acceptors (Lipinski definition) is 2. The largest absolute Gasteiger partial charge is 0.481 e. The van der Waals surface area contributed by atoms with Crippen LogP contribution in [-0.2, 0) is 9.59 Å². The molecule has 0 heterocycles. The van der Waals surface area contributed by atoms with Crippen LogP contribution in [-0.4, -0.2) is 22.2 Å². The van der Waals surface area contributed by atoms with Gasteiger partial charge >= 0.3 is 11.9 Å². The number of allylic oxidation sites excluding steroid dienone is 1. The van der Waals surface area contributed by atoms with Crippen molar-refractivity contribution < 1.29 is 19.8 Å². The fourth-order valence-corrected chi connectivity index (χ4v) is 7.78. The summed E-state index contributed by atoms with van der Waals surface area (Å²) in [6.07, 6.45) is 11.1. The number of hydrogen-bond donors (Lipinski definition) is 2. The third kappa shape index (κ3) is 4.08. The number of aliphatic carboxylic acids is 2. The third-order valence-electron chi connectivity index (χ3n) is 9.42. The van der Waals surface area contributed by atoms with Crippen molar-refractivity contribution in [3.05, 3.63) is 11.6 Å². The van der Waals surface area contributed by atoms with Crippen molar-refractivity contribution in [3.63, 3.8) is 0 Å². The molecule has 4 nitrogen and oxygen atoms in total. The van der Waals surface area contributed by atoms with Crippen LogP contribution in [0.15, 0.2) is 11.6 Å². The summed E-state index contributed by atoms with van der Waals surface area (Å²) in [7, 11) is 0. The van der Waals surface area contributed by atoms with Gasteiger partial charge < -0.3 is 10.2 Å². The minimum Gasteiger partial charge on any atom is -0.481 e. The molecule has 0 aromatic carbocycles. The number of fused-ring (bicyclic) bond motifs is 3. The van der Waals surface area contributed by atoms with E-state index in [4.69, 9.17) is 0 Å². The molecule has 30 heavy (non-hydrogen) atoms. The zero-order valence-corrected chi connectivity index (χ0v) is 19.6. The molecule has 0 aromatic heterocycles. The van der Waals surface area contributed by atoms with Crippen LogP contribution >= 0.6 is 0 Å². The van der Waals surface area contributed by atoms with Crippen LogP contribution in [0, 0.1) is 46.3 Å². The molecule has 0 radical (unpaired) electrons. The molecule has 3 aliphatic rings. The Morgan fingerprint density at radius 1 is 1.07 bits per heavy atom. The van der Waals surface area contributed by atoms with Crippen molar-refractivity contribution in [1.82, 2.24) is 0 Å². The Morgan fingerprint density at radius 2 is 1.77 bits per heavy atom. The smallest absolute Gasteiger partial charge is 0.331 e. The van der Waals surface area contributed by atoms with Crippen molar-refractivity contribution in [1.29, 1.82) is 0 Å². The van der Waals surface area contributed by atoms with Gasteiger partial charge in [-0.3, -0.25) is 4.79 Å². The van der Waals surface area contributed by atoms with E-state index in [1.54, 1.807) is 0 Å². The summed E-state index contributed by atoms with van der Waals surface area (Å²) in [5, 5.41) is 19.2. The fourth-order valence-electron chi connectivity index (χ4n) is 7.78. The summed E-state index contributed by atoms with van der Waals surface area (Å²) >= 11 is 0. The molecule has 170 valence electrons. The van der Waals surface area contributed by atoms with Crippen LogP contribution in [0.1, 0.15) is 92.4 Å². The summed E-state index contributed by atoms with van der Waals surface area (Å²) < 4.78 is 0. The van der Waals surface area contributed by atoms with E-state index in [2.05, 4.69) is 33.8 Å². The van der Waals surface area contributed by atoms with Gasteiger partial charge in [-0.1, -0.05) is 60.0 Å². The number of carboxylic acids is 2. The maximum Gasteiger partial charge on any atom is 0.331 e. The Kier molecular flexibility index (Phi) is 6.74. The highest BCUT2D eigenvalue weighted by Crippen LogP contribution is 2.67. The lowest BCUT2D eigenvalue weighted by molar-refractivity contribution is -0.139. The monoisotopic (exact) mass is 418 g/mol. The Balaban J connectivity index is 1.79. The van der Waals surface area contributed by atoms with Crippen molar-refractivity contribution in [2.45, 2.75) is 92.4 Å². The topological polar surface area (TPSA) is 74.6 Å². The van der Waals surface area contributed by atoms with Gasteiger partial charge in [0.15, 0.2) is 0 Å². The minimum atomic E-state index is -0.851. The first-order valence-electron chi connectivity index (χ1n) is 12.2. The first kappa shape index (κ1) is 23.3. The number of carbonyl (C=O) groups is 2. The minimum absolute atomic E-state index is 0.0434. The van der Waals surface area contributed by atoms with Crippen molar-refractivity contribution >= 4 is 11.9 Å². The molecule has 3 rings (SSSR count). The van der Waals surface area contributed by atoms with Gasteiger partial charge in [-0.2, -0.15) is 0 Å². The molecule has 7 atom stereocenters. The van der Waals surface area contributed by atoms with E-state index in [0.717, 1.165) is 30.6 Å². The summed E-state index contributed by atoms with van der Waals surface area (Å²) in [5.41, 5.74) is 0.254. The molecule has 0 bridgehead atoms. The van der Waals surface area contributed by atoms with Gasteiger partial charge in [0.1, 0.15) is 0 Å². The molecule has 0 aromatic rings. The predicted octanol–water partition coefficient (Wildman–Crippen LogP) is 6.40. The Hall–Kier alpha value is -1.32. The standard InChI is InChI=1S/C26H42O4/c1-16(2)7-6-8-17(3)19-9-10-20-18-15-22(24(29)30)26(5,14-12-23(27)28)21(18)11-13-25(19,20)4/h15-21H,6-14H2,1-5H3,(H,27,28)(H,29,30). The second kappa shape index (κ2) is 8.67. The average molecular weight is 419 g/mol. The molecular formula is C26H42O4. The quantitative estimate of drug-likeness (QED) is 0.454.